The number of rotatable bonds is 8. The Labute approximate surface area is 173 Å². The highest BCUT2D eigenvalue weighted by Crippen LogP contribution is 2.33. The highest BCUT2D eigenvalue weighted by atomic mass is 32.2. The molecule has 1 amide bonds. The molecule has 2 heterocycles. The van der Waals surface area contributed by atoms with Gasteiger partial charge in [-0.1, -0.05) is 13.0 Å². The molecule has 0 spiro atoms. The second-order valence-electron chi connectivity index (χ2n) is 6.52. The van der Waals surface area contributed by atoms with Gasteiger partial charge in [0.05, 0.1) is 17.7 Å². The summed E-state index contributed by atoms with van der Waals surface area (Å²) >= 11 is 1.30. The lowest BCUT2D eigenvalue weighted by Crippen LogP contribution is -2.41. The molecule has 0 aliphatic carbocycles. The largest absolute Gasteiger partial charge is 0.466 e. The van der Waals surface area contributed by atoms with Crippen molar-refractivity contribution in [1.82, 2.24) is 4.72 Å². The molecule has 0 bridgehead atoms. The Bertz CT molecular complexity index is 1040. The van der Waals surface area contributed by atoms with Crippen molar-refractivity contribution in [1.29, 1.82) is 0 Å². The van der Waals surface area contributed by atoms with Crippen molar-refractivity contribution in [3.63, 3.8) is 0 Å². The zero-order valence-corrected chi connectivity index (χ0v) is 17.6. The second-order valence-corrected chi connectivity index (χ2v) is 9.20. The molecule has 9 heteroatoms. The lowest BCUT2D eigenvalue weighted by atomic mass is 9.99. The fraction of sp³-hybridized carbons (Fsp3) is 0.250. The molecule has 3 N–H and O–H groups in total. The number of benzene rings is 1. The van der Waals surface area contributed by atoms with E-state index in [0.29, 0.717) is 22.5 Å². The molecule has 29 heavy (non-hydrogen) atoms. The number of carbonyl (C=O) groups excluding carboxylic acids is 1. The minimum Gasteiger partial charge on any atom is -0.466 e. The molecule has 1 aromatic carbocycles. The molecule has 0 saturated heterocycles. The maximum atomic E-state index is 12.9. The van der Waals surface area contributed by atoms with Crippen LogP contribution in [0, 0.1) is 6.92 Å². The van der Waals surface area contributed by atoms with Gasteiger partial charge in [0, 0.05) is 17.0 Å². The van der Waals surface area contributed by atoms with Crippen LogP contribution in [0.15, 0.2) is 63.4 Å². The first-order valence-electron chi connectivity index (χ1n) is 8.97. The fourth-order valence-corrected chi connectivity index (χ4v) is 4.99. The van der Waals surface area contributed by atoms with E-state index in [1.54, 1.807) is 49.6 Å². The third kappa shape index (κ3) is 4.59. The van der Waals surface area contributed by atoms with E-state index in [2.05, 4.69) is 10.0 Å². The van der Waals surface area contributed by atoms with Crippen LogP contribution in [-0.2, 0) is 20.4 Å². The van der Waals surface area contributed by atoms with Crippen LogP contribution in [0.25, 0.3) is 0 Å². The summed E-state index contributed by atoms with van der Waals surface area (Å²) in [6, 6.07) is 11.3. The molecule has 1 atom stereocenters. The molecule has 0 saturated carbocycles. The van der Waals surface area contributed by atoms with Gasteiger partial charge in [0.2, 0.25) is 15.9 Å². The molecule has 3 rings (SSSR count). The molecule has 7 nitrogen and oxygen atoms in total. The summed E-state index contributed by atoms with van der Waals surface area (Å²) in [7, 11) is -3.92. The van der Waals surface area contributed by atoms with Gasteiger partial charge in [0.15, 0.2) is 5.60 Å². The summed E-state index contributed by atoms with van der Waals surface area (Å²) in [4.78, 5) is 12.2. The Hall–Kier alpha value is -2.46. The van der Waals surface area contributed by atoms with Crippen molar-refractivity contribution >= 4 is 33.0 Å². The minimum absolute atomic E-state index is 0.0694. The van der Waals surface area contributed by atoms with Gasteiger partial charge in [0.25, 0.3) is 0 Å². The molecule has 0 radical (unpaired) electrons. The van der Waals surface area contributed by atoms with E-state index in [1.165, 1.54) is 29.7 Å². The quantitative estimate of drug-likeness (QED) is 0.504. The summed E-state index contributed by atoms with van der Waals surface area (Å²) in [5, 5.41) is 15.7. The molecule has 0 unspecified atom stereocenters. The van der Waals surface area contributed by atoms with Crippen molar-refractivity contribution in [3.05, 3.63) is 70.3 Å². The first kappa shape index (κ1) is 21.3. The van der Waals surface area contributed by atoms with Gasteiger partial charge in [-0.3, -0.25) is 4.79 Å². The molecule has 2 aromatic heterocycles. The average molecular weight is 435 g/mol. The van der Waals surface area contributed by atoms with E-state index in [1.807, 2.05) is 0 Å². The number of nitrogens with one attached hydrogen (secondary N) is 2. The number of aliphatic hydroxyl groups is 1. The standard InChI is InChI=1S/C20H22N2O5S2/c1-3-19(23)22-15-8-9-16(14(2)12-15)29(25,26)21-13-20(24,17-6-4-10-27-17)18-7-5-11-28-18/h4-12,21,24H,3,13H2,1-2H3,(H,22,23)/t20-/m1/s1. The first-order valence-corrected chi connectivity index (χ1v) is 11.3. The van der Waals surface area contributed by atoms with Crippen LogP contribution in [0.4, 0.5) is 5.69 Å². The molecule has 154 valence electrons. The Morgan fingerprint density at radius 2 is 2.03 bits per heavy atom. The number of hydrogen-bond acceptors (Lipinski definition) is 6. The predicted molar refractivity (Wildman–Crippen MR) is 111 cm³/mol. The molecular weight excluding hydrogens is 412 g/mol. The summed E-state index contributed by atoms with van der Waals surface area (Å²) in [5.74, 6) is 0.0922. The molecular formula is C20H22N2O5S2. The Morgan fingerprint density at radius 1 is 1.24 bits per heavy atom. The number of thiophene rings is 1. The summed E-state index contributed by atoms with van der Waals surface area (Å²) in [6.07, 6.45) is 1.75. The second kappa shape index (κ2) is 8.50. The van der Waals surface area contributed by atoms with Gasteiger partial charge in [-0.15, -0.1) is 11.3 Å². The van der Waals surface area contributed by atoms with Crippen LogP contribution >= 0.6 is 11.3 Å². The van der Waals surface area contributed by atoms with E-state index in [4.69, 9.17) is 4.42 Å². The van der Waals surface area contributed by atoms with Gasteiger partial charge in [-0.2, -0.15) is 0 Å². The van der Waals surface area contributed by atoms with Gasteiger partial charge >= 0.3 is 0 Å². The van der Waals surface area contributed by atoms with Crippen LogP contribution in [0.2, 0.25) is 0 Å². The highest BCUT2D eigenvalue weighted by molar-refractivity contribution is 7.89. The Balaban J connectivity index is 1.84. The van der Waals surface area contributed by atoms with Crippen LogP contribution in [-0.4, -0.2) is 26.0 Å². The SMILES string of the molecule is CCC(=O)Nc1ccc(S(=O)(=O)NC[C@@](O)(c2ccco2)c2cccs2)c(C)c1. The van der Waals surface area contributed by atoms with Crippen molar-refractivity contribution in [2.24, 2.45) is 0 Å². The fourth-order valence-electron chi connectivity index (χ4n) is 2.88. The van der Waals surface area contributed by atoms with Crippen LogP contribution in [0.1, 0.15) is 29.5 Å². The van der Waals surface area contributed by atoms with Gasteiger partial charge in [-0.05, 0) is 54.3 Å². The predicted octanol–water partition coefficient (Wildman–Crippen LogP) is 3.21. The molecule has 3 aromatic rings. The lowest BCUT2D eigenvalue weighted by molar-refractivity contribution is -0.115. The zero-order chi connectivity index (χ0) is 21.1. The lowest BCUT2D eigenvalue weighted by Gasteiger charge is -2.25. The molecule has 0 aliphatic heterocycles. The minimum atomic E-state index is -3.92. The van der Waals surface area contributed by atoms with Gasteiger partial charge in [-0.25, -0.2) is 13.1 Å². The third-order valence-corrected chi connectivity index (χ3v) is 7.03. The number of hydrogen-bond donors (Lipinski definition) is 3. The van der Waals surface area contributed by atoms with Crippen molar-refractivity contribution in [2.45, 2.75) is 30.8 Å². The maximum absolute atomic E-state index is 12.9. The van der Waals surface area contributed by atoms with Gasteiger partial charge < -0.3 is 14.8 Å². The number of amides is 1. The average Bonchev–Trinajstić information content (AvgIpc) is 3.40. The van der Waals surface area contributed by atoms with Crippen LogP contribution in [0.5, 0.6) is 0 Å². The number of carbonyl (C=O) groups is 1. The van der Waals surface area contributed by atoms with Crippen molar-refractivity contribution < 1.29 is 22.7 Å². The molecule has 0 fully saturated rings. The first-order chi connectivity index (χ1) is 13.8. The third-order valence-electron chi connectivity index (χ3n) is 4.44. The summed E-state index contributed by atoms with van der Waals surface area (Å²) in [5.41, 5.74) is -0.628. The monoisotopic (exact) mass is 434 g/mol. The topological polar surface area (TPSA) is 109 Å². The number of furan rings is 1. The van der Waals surface area contributed by atoms with E-state index in [9.17, 15) is 18.3 Å². The number of anilines is 1. The Morgan fingerprint density at radius 3 is 2.62 bits per heavy atom. The smallest absolute Gasteiger partial charge is 0.240 e. The van der Waals surface area contributed by atoms with Crippen molar-refractivity contribution in [3.8, 4) is 0 Å². The summed E-state index contributed by atoms with van der Waals surface area (Å²) in [6.45, 7) is 3.09. The highest BCUT2D eigenvalue weighted by Gasteiger charge is 2.37. The van der Waals surface area contributed by atoms with E-state index in [0.717, 1.165) is 0 Å². The zero-order valence-electron chi connectivity index (χ0n) is 16.0. The molecule has 0 aliphatic rings. The number of aryl methyl sites for hydroxylation is 1. The summed E-state index contributed by atoms with van der Waals surface area (Å²) < 4.78 is 33.6. The van der Waals surface area contributed by atoms with E-state index >= 15 is 0 Å². The van der Waals surface area contributed by atoms with E-state index in [-0.39, 0.29) is 23.1 Å². The maximum Gasteiger partial charge on any atom is 0.240 e. The van der Waals surface area contributed by atoms with Gasteiger partial charge in [0.1, 0.15) is 5.76 Å². The van der Waals surface area contributed by atoms with Crippen LogP contribution < -0.4 is 10.0 Å². The number of sulfonamides is 1. The normalized spacial score (nSPS) is 13.8. The van der Waals surface area contributed by atoms with Crippen LogP contribution in [0.3, 0.4) is 0 Å². The Kier molecular flexibility index (Phi) is 6.23. The van der Waals surface area contributed by atoms with E-state index < -0.39 is 15.6 Å². The van der Waals surface area contributed by atoms with Crippen molar-refractivity contribution in [2.75, 3.05) is 11.9 Å².